The largest absolute Gasteiger partial charge is 0.504 e. The number of likely N-dealkylation sites (N-methyl/N-ethyl adjacent to an activating group) is 1. The van der Waals surface area contributed by atoms with Crippen LogP contribution in [0.1, 0.15) is 10.4 Å². The number of phenolic OH excluding ortho intramolecular Hbond substituents is 2. The van der Waals surface area contributed by atoms with E-state index in [9.17, 15) is 15.0 Å². The molecule has 0 radical (unpaired) electrons. The van der Waals surface area contributed by atoms with E-state index in [1.807, 2.05) is 0 Å². The zero-order valence-corrected chi connectivity index (χ0v) is 10.8. The van der Waals surface area contributed by atoms with Crippen molar-refractivity contribution in [1.29, 1.82) is 0 Å². The Kier molecular flexibility index (Phi) is 4.24. The normalized spacial score (nSPS) is 19.1. The van der Waals surface area contributed by atoms with Gasteiger partial charge in [0, 0.05) is 26.7 Å². The number of aromatic hydroxyl groups is 2. The fourth-order valence-electron chi connectivity index (χ4n) is 2.03. The van der Waals surface area contributed by atoms with E-state index in [0.29, 0.717) is 19.7 Å². The highest BCUT2D eigenvalue weighted by molar-refractivity contribution is 5.97. The molecule has 0 saturated carbocycles. The lowest BCUT2D eigenvalue weighted by Crippen LogP contribution is -2.45. The summed E-state index contributed by atoms with van der Waals surface area (Å²) in [6, 6.07) is 4.34. The van der Waals surface area contributed by atoms with Crippen molar-refractivity contribution in [3.8, 4) is 11.5 Å². The van der Waals surface area contributed by atoms with Gasteiger partial charge in [0.05, 0.1) is 18.3 Å². The summed E-state index contributed by atoms with van der Waals surface area (Å²) >= 11 is 0. The lowest BCUT2D eigenvalue weighted by Gasteiger charge is -2.28. The van der Waals surface area contributed by atoms with E-state index >= 15 is 0 Å². The summed E-state index contributed by atoms with van der Waals surface area (Å²) in [5, 5.41) is 22.3. The highest BCUT2D eigenvalue weighted by Gasteiger charge is 2.22. The number of ether oxygens (including phenoxy) is 1. The van der Waals surface area contributed by atoms with Crippen LogP contribution in [0, 0.1) is 0 Å². The van der Waals surface area contributed by atoms with Crippen molar-refractivity contribution in [2.24, 2.45) is 0 Å². The molecule has 1 aromatic rings. The number of rotatable bonds is 3. The molecule has 0 bridgehead atoms. The lowest BCUT2D eigenvalue weighted by molar-refractivity contribution is 0.0103. The molecule has 1 aliphatic rings. The molecule has 0 aromatic heterocycles. The third-order valence-electron chi connectivity index (χ3n) is 3.07. The average molecular weight is 266 g/mol. The zero-order valence-electron chi connectivity index (χ0n) is 10.8. The van der Waals surface area contributed by atoms with Crippen LogP contribution in [0.15, 0.2) is 18.2 Å². The molecule has 19 heavy (non-hydrogen) atoms. The van der Waals surface area contributed by atoms with Gasteiger partial charge in [-0.2, -0.15) is 0 Å². The van der Waals surface area contributed by atoms with Crippen LogP contribution in [-0.4, -0.2) is 60.4 Å². The predicted octanol–water partition coefficient (Wildman–Crippen LogP) is 0.158. The average Bonchev–Trinajstić information content (AvgIpc) is 2.42. The van der Waals surface area contributed by atoms with E-state index in [0.717, 1.165) is 6.54 Å². The lowest BCUT2D eigenvalue weighted by atomic mass is 10.1. The van der Waals surface area contributed by atoms with Gasteiger partial charge in [0.2, 0.25) is 0 Å². The van der Waals surface area contributed by atoms with Crippen LogP contribution in [0.25, 0.3) is 0 Å². The van der Waals surface area contributed by atoms with Crippen molar-refractivity contribution in [3.63, 3.8) is 0 Å². The number of carbonyl (C=O) groups excluding carboxylic acids is 1. The number of hydrogen-bond donors (Lipinski definition) is 3. The number of nitrogens with one attached hydrogen (secondary N) is 1. The van der Waals surface area contributed by atoms with Gasteiger partial charge in [-0.3, -0.25) is 4.79 Å². The molecule has 1 aromatic carbocycles. The number of nitrogens with zero attached hydrogens (tertiary/aromatic N) is 1. The van der Waals surface area contributed by atoms with Crippen LogP contribution in [0.2, 0.25) is 0 Å². The molecule has 6 heteroatoms. The first-order chi connectivity index (χ1) is 9.09. The summed E-state index contributed by atoms with van der Waals surface area (Å²) < 4.78 is 5.52. The van der Waals surface area contributed by atoms with Gasteiger partial charge in [0.25, 0.3) is 5.91 Å². The number of morpholine rings is 1. The van der Waals surface area contributed by atoms with Gasteiger partial charge >= 0.3 is 0 Å². The molecule has 1 amide bonds. The molecule has 0 aliphatic carbocycles. The number of para-hydroxylation sites is 1. The molecule has 6 nitrogen and oxygen atoms in total. The summed E-state index contributed by atoms with van der Waals surface area (Å²) in [4.78, 5) is 13.6. The molecule has 3 N–H and O–H groups in total. The second-order valence-electron chi connectivity index (χ2n) is 4.56. The monoisotopic (exact) mass is 266 g/mol. The Balaban J connectivity index is 2.03. The fraction of sp³-hybridized carbons (Fsp3) is 0.462. The maximum absolute atomic E-state index is 12.2. The minimum atomic E-state index is -0.387. The molecule has 1 heterocycles. The maximum Gasteiger partial charge on any atom is 0.257 e. The Bertz CT molecular complexity index is 458. The van der Waals surface area contributed by atoms with Crippen LogP contribution >= 0.6 is 0 Å². The highest BCUT2D eigenvalue weighted by Crippen LogP contribution is 2.28. The Morgan fingerprint density at radius 2 is 2.32 bits per heavy atom. The van der Waals surface area contributed by atoms with Crippen LogP contribution in [0.3, 0.4) is 0 Å². The van der Waals surface area contributed by atoms with E-state index in [4.69, 9.17) is 4.74 Å². The molecule has 2 rings (SSSR count). The molecular formula is C13H18N2O4. The van der Waals surface area contributed by atoms with Gasteiger partial charge in [-0.15, -0.1) is 0 Å². The Morgan fingerprint density at radius 3 is 3.00 bits per heavy atom. The molecule has 1 fully saturated rings. The third-order valence-corrected chi connectivity index (χ3v) is 3.07. The van der Waals surface area contributed by atoms with Crippen molar-refractivity contribution in [2.75, 3.05) is 33.3 Å². The second-order valence-corrected chi connectivity index (χ2v) is 4.56. The van der Waals surface area contributed by atoms with E-state index in [1.54, 1.807) is 7.05 Å². The van der Waals surface area contributed by atoms with E-state index in [2.05, 4.69) is 5.32 Å². The Labute approximate surface area is 111 Å². The number of phenols is 2. The summed E-state index contributed by atoms with van der Waals surface area (Å²) in [5.41, 5.74) is 0.0891. The Morgan fingerprint density at radius 1 is 1.53 bits per heavy atom. The van der Waals surface area contributed by atoms with Crippen molar-refractivity contribution in [2.45, 2.75) is 6.10 Å². The minimum absolute atomic E-state index is 0.0536. The first-order valence-corrected chi connectivity index (χ1v) is 6.18. The molecule has 1 atom stereocenters. The van der Waals surface area contributed by atoms with Gasteiger partial charge in [-0.05, 0) is 12.1 Å². The first-order valence-electron chi connectivity index (χ1n) is 6.18. The summed E-state index contributed by atoms with van der Waals surface area (Å²) in [6.45, 7) is 2.58. The maximum atomic E-state index is 12.2. The highest BCUT2D eigenvalue weighted by atomic mass is 16.5. The van der Waals surface area contributed by atoms with Crippen molar-refractivity contribution >= 4 is 5.91 Å². The molecule has 104 valence electrons. The number of hydrogen-bond acceptors (Lipinski definition) is 5. The summed E-state index contributed by atoms with van der Waals surface area (Å²) in [6.07, 6.45) is -0.0536. The van der Waals surface area contributed by atoms with Gasteiger partial charge < -0.3 is 25.2 Å². The first kappa shape index (κ1) is 13.6. The van der Waals surface area contributed by atoms with Crippen molar-refractivity contribution in [1.82, 2.24) is 10.2 Å². The molecule has 1 unspecified atom stereocenters. The van der Waals surface area contributed by atoms with E-state index < -0.39 is 0 Å². The quantitative estimate of drug-likeness (QED) is 0.679. The smallest absolute Gasteiger partial charge is 0.257 e. The van der Waals surface area contributed by atoms with E-state index in [1.165, 1.54) is 23.1 Å². The van der Waals surface area contributed by atoms with Crippen molar-refractivity contribution in [3.05, 3.63) is 23.8 Å². The molecular weight excluding hydrogens is 248 g/mol. The number of amides is 1. The number of carbonyl (C=O) groups is 1. The van der Waals surface area contributed by atoms with Crippen molar-refractivity contribution < 1.29 is 19.7 Å². The third kappa shape index (κ3) is 3.15. The number of benzene rings is 1. The van der Waals surface area contributed by atoms with Gasteiger partial charge in [-0.1, -0.05) is 6.07 Å². The molecule has 1 aliphatic heterocycles. The summed E-state index contributed by atoms with van der Waals surface area (Å²) in [5.74, 6) is -1.03. The standard InChI is InChI=1S/C13H18N2O4/c1-15(8-9-7-14-5-6-19-9)13(18)10-3-2-4-11(16)12(10)17/h2-4,9,14,16-17H,5-8H2,1H3. The van der Waals surface area contributed by atoms with Gasteiger partial charge in [0.15, 0.2) is 11.5 Å². The Hall–Kier alpha value is -1.79. The predicted molar refractivity (Wildman–Crippen MR) is 69.3 cm³/mol. The topological polar surface area (TPSA) is 82.0 Å². The fourth-order valence-corrected chi connectivity index (χ4v) is 2.03. The van der Waals surface area contributed by atoms with Crippen LogP contribution in [0.5, 0.6) is 11.5 Å². The molecule has 1 saturated heterocycles. The second kappa shape index (κ2) is 5.90. The minimum Gasteiger partial charge on any atom is -0.504 e. The van der Waals surface area contributed by atoms with Gasteiger partial charge in [0.1, 0.15) is 0 Å². The SMILES string of the molecule is CN(CC1CNCCO1)C(=O)c1cccc(O)c1O. The summed E-state index contributed by atoms with van der Waals surface area (Å²) in [7, 11) is 1.64. The van der Waals surface area contributed by atoms with Gasteiger partial charge in [-0.25, -0.2) is 0 Å². The van der Waals surface area contributed by atoms with E-state index in [-0.39, 0.29) is 29.1 Å². The zero-order chi connectivity index (χ0) is 13.8. The molecule has 0 spiro atoms. The van der Waals surface area contributed by atoms with Crippen LogP contribution in [0.4, 0.5) is 0 Å². The van der Waals surface area contributed by atoms with Crippen LogP contribution in [-0.2, 0) is 4.74 Å². The van der Waals surface area contributed by atoms with Crippen LogP contribution < -0.4 is 5.32 Å².